The first-order valence-corrected chi connectivity index (χ1v) is 5.84. The van der Waals surface area contributed by atoms with Gasteiger partial charge in [-0.1, -0.05) is 6.92 Å². The Bertz CT molecular complexity index is 306. The third-order valence-corrected chi connectivity index (χ3v) is 3.35. The van der Waals surface area contributed by atoms with E-state index in [1.54, 1.807) is 11.9 Å². The lowest BCUT2D eigenvalue weighted by Gasteiger charge is -2.16. The van der Waals surface area contributed by atoms with Gasteiger partial charge in [0.15, 0.2) is 0 Å². The molecule has 3 atom stereocenters. The van der Waals surface area contributed by atoms with Crippen molar-refractivity contribution < 1.29 is 9.59 Å². The normalized spacial score (nSPS) is 34.5. The second-order valence-corrected chi connectivity index (χ2v) is 4.99. The van der Waals surface area contributed by atoms with Gasteiger partial charge in [0, 0.05) is 20.0 Å². The molecule has 2 fully saturated rings. The van der Waals surface area contributed by atoms with Crippen molar-refractivity contribution in [2.45, 2.75) is 31.8 Å². The Morgan fingerprint density at radius 2 is 2.31 bits per heavy atom. The second kappa shape index (κ2) is 4.41. The molecule has 2 N–H and O–H groups in total. The van der Waals surface area contributed by atoms with Gasteiger partial charge in [-0.3, -0.25) is 9.59 Å². The summed E-state index contributed by atoms with van der Waals surface area (Å²) >= 11 is 0. The quantitative estimate of drug-likeness (QED) is 0.655. The lowest BCUT2D eigenvalue weighted by molar-refractivity contribution is -0.126. The molecular weight excluding hydrogens is 206 g/mol. The van der Waals surface area contributed by atoms with Crippen LogP contribution in [-0.4, -0.2) is 48.9 Å². The summed E-state index contributed by atoms with van der Waals surface area (Å²) in [6.07, 6.45) is 1.33. The number of hydrogen-bond donors (Lipinski definition) is 2. The van der Waals surface area contributed by atoms with Gasteiger partial charge >= 0.3 is 0 Å². The molecule has 2 heterocycles. The van der Waals surface area contributed by atoms with Gasteiger partial charge in [0.25, 0.3) is 0 Å². The van der Waals surface area contributed by atoms with E-state index in [-0.39, 0.29) is 23.9 Å². The predicted octanol–water partition coefficient (Wildman–Crippen LogP) is -0.669. The molecule has 2 rings (SSSR count). The van der Waals surface area contributed by atoms with Gasteiger partial charge in [0.05, 0.1) is 12.1 Å². The van der Waals surface area contributed by atoms with Crippen LogP contribution in [0.5, 0.6) is 0 Å². The minimum Gasteiger partial charge on any atom is -0.350 e. The number of carbonyl (C=O) groups excluding carboxylic acids is 2. The van der Waals surface area contributed by atoms with Crippen LogP contribution in [0.15, 0.2) is 0 Å². The van der Waals surface area contributed by atoms with Crippen LogP contribution in [0.4, 0.5) is 0 Å². The molecule has 5 nitrogen and oxygen atoms in total. The maximum absolute atomic E-state index is 11.9. The molecule has 0 bridgehead atoms. The highest BCUT2D eigenvalue weighted by atomic mass is 16.2. The average molecular weight is 225 g/mol. The highest BCUT2D eigenvalue weighted by Gasteiger charge is 2.32. The average Bonchev–Trinajstić information content (AvgIpc) is 2.75. The van der Waals surface area contributed by atoms with E-state index in [2.05, 4.69) is 17.6 Å². The van der Waals surface area contributed by atoms with Crippen LogP contribution in [0.25, 0.3) is 0 Å². The number of carbonyl (C=O) groups is 2. The molecule has 0 saturated carbocycles. The summed E-state index contributed by atoms with van der Waals surface area (Å²) in [5.74, 6) is 0.708. The van der Waals surface area contributed by atoms with E-state index in [4.69, 9.17) is 0 Å². The minimum absolute atomic E-state index is 0.0114. The van der Waals surface area contributed by atoms with Gasteiger partial charge in [-0.15, -0.1) is 0 Å². The summed E-state index contributed by atoms with van der Waals surface area (Å²) in [5, 5.41) is 6.13. The maximum Gasteiger partial charge on any atom is 0.237 e. The Kier molecular flexibility index (Phi) is 3.14. The van der Waals surface area contributed by atoms with E-state index >= 15 is 0 Å². The van der Waals surface area contributed by atoms with Crippen molar-refractivity contribution in [3.8, 4) is 0 Å². The standard InChI is InChI=1S/C11H19N3O2/c1-7-3-9(12-5-7)11(16)13-8-4-10(15)14(2)6-8/h7-9,12H,3-6H2,1-2H3,(H,13,16)/t7-,8+,9+/m1/s1. The summed E-state index contributed by atoms with van der Waals surface area (Å²) < 4.78 is 0. The number of rotatable bonds is 2. The number of amides is 2. The summed E-state index contributed by atoms with van der Waals surface area (Å²) in [5.41, 5.74) is 0. The summed E-state index contributed by atoms with van der Waals surface area (Å²) in [6.45, 7) is 3.67. The molecule has 5 heteroatoms. The molecule has 0 spiro atoms. The predicted molar refractivity (Wildman–Crippen MR) is 59.8 cm³/mol. The van der Waals surface area contributed by atoms with Crippen molar-refractivity contribution in [2.24, 2.45) is 5.92 Å². The number of nitrogens with one attached hydrogen (secondary N) is 2. The van der Waals surface area contributed by atoms with Gasteiger partial charge in [-0.05, 0) is 18.9 Å². The van der Waals surface area contributed by atoms with Gasteiger partial charge in [0.1, 0.15) is 0 Å². The molecule has 90 valence electrons. The molecule has 2 amide bonds. The van der Waals surface area contributed by atoms with Crippen molar-refractivity contribution in [2.75, 3.05) is 20.1 Å². The summed E-state index contributed by atoms with van der Waals surface area (Å²) in [6, 6.07) is -0.0845. The van der Waals surface area contributed by atoms with Crippen LogP contribution in [0, 0.1) is 5.92 Å². The lowest BCUT2D eigenvalue weighted by Crippen LogP contribution is -2.45. The van der Waals surface area contributed by atoms with Crippen LogP contribution in [0.1, 0.15) is 19.8 Å². The zero-order valence-electron chi connectivity index (χ0n) is 9.82. The first-order chi connectivity index (χ1) is 7.56. The lowest BCUT2D eigenvalue weighted by atomic mass is 10.1. The fourth-order valence-electron chi connectivity index (χ4n) is 2.37. The summed E-state index contributed by atoms with van der Waals surface area (Å²) in [4.78, 5) is 24.8. The molecular formula is C11H19N3O2. The van der Waals surface area contributed by atoms with Gasteiger partial charge in [0.2, 0.25) is 11.8 Å². The van der Waals surface area contributed by atoms with E-state index in [1.165, 1.54) is 0 Å². The van der Waals surface area contributed by atoms with Crippen LogP contribution in [0.2, 0.25) is 0 Å². The Balaban J connectivity index is 1.82. The number of nitrogens with zero attached hydrogens (tertiary/aromatic N) is 1. The Labute approximate surface area is 95.6 Å². The van der Waals surface area contributed by atoms with Crippen molar-refractivity contribution in [1.82, 2.24) is 15.5 Å². The molecule has 2 aliphatic rings. The van der Waals surface area contributed by atoms with Crippen LogP contribution in [0.3, 0.4) is 0 Å². The first kappa shape index (κ1) is 11.4. The molecule has 16 heavy (non-hydrogen) atoms. The van der Waals surface area contributed by atoms with E-state index in [0.29, 0.717) is 18.9 Å². The molecule has 0 aliphatic carbocycles. The molecule has 0 aromatic rings. The highest BCUT2D eigenvalue weighted by Crippen LogP contribution is 2.14. The zero-order valence-corrected chi connectivity index (χ0v) is 9.82. The molecule has 0 radical (unpaired) electrons. The molecule has 0 aromatic heterocycles. The van der Waals surface area contributed by atoms with Crippen LogP contribution in [-0.2, 0) is 9.59 Å². The largest absolute Gasteiger partial charge is 0.350 e. The fourth-order valence-corrected chi connectivity index (χ4v) is 2.37. The molecule has 2 saturated heterocycles. The van der Waals surface area contributed by atoms with Gasteiger partial charge < -0.3 is 15.5 Å². The van der Waals surface area contributed by atoms with Crippen molar-refractivity contribution >= 4 is 11.8 Å². The monoisotopic (exact) mass is 225 g/mol. The number of likely N-dealkylation sites (N-methyl/N-ethyl adjacent to an activating group) is 1. The van der Waals surface area contributed by atoms with Crippen LogP contribution < -0.4 is 10.6 Å². The Hall–Kier alpha value is -1.10. The fraction of sp³-hybridized carbons (Fsp3) is 0.818. The SMILES string of the molecule is C[C@H]1CN[C@H](C(=O)N[C@H]2CC(=O)N(C)C2)C1. The highest BCUT2D eigenvalue weighted by molar-refractivity contribution is 5.85. The number of likely N-dealkylation sites (tertiary alicyclic amines) is 1. The third-order valence-electron chi connectivity index (χ3n) is 3.35. The van der Waals surface area contributed by atoms with Crippen molar-refractivity contribution in [3.63, 3.8) is 0 Å². The summed E-state index contributed by atoms with van der Waals surface area (Å²) in [7, 11) is 1.77. The smallest absolute Gasteiger partial charge is 0.237 e. The van der Waals surface area contributed by atoms with Crippen molar-refractivity contribution in [1.29, 1.82) is 0 Å². The first-order valence-electron chi connectivity index (χ1n) is 5.84. The third kappa shape index (κ3) is 2.35. The molecule has 2 aliphatic heterocycles. The Morgan fingerprint density at radius 1 is 1.56 bits per heavy atom. The van der Waals surface area contributed by atoms with E-state index in [9.17, 15) is 9.59 Å². The van der Waals surface area contributed by atoms with E-state index < -0.39 is 0 Å². The van der Waals surface area contributed by atoms with E-state index in [1.807, 2.05) is 0 Å². The van der Waals surface area contributed by atoms with Gasteiger partial charge in [-0.2, -0.15) is 0 Å². The van der Waals surface area contributed by atoms with Crippen LogP contribution >= 0.6 is 0 Å². The zero-order chi connectivity index (χ0) is 11.7. The maximum atomic E-state index is 11.9. The Morgan fingerprint density at radius 3 is 2.81 bits per heavy atom. The number of hydrogen-bond acceptors (Lipinski definition) is 3. The van der Waals surface area contributed by atoms with Gasteiger partial charge in [-0.25, -0.2) is 0 Å². The molecule has 0 aromatic carbocycles. The van der Waals surface area contributed by atoms with Crippen molar-refractivity contribution in [3.05, 3.63) is 0 Å². The second-order valence-electron chi connectivity index (χ2n) is 4.99. The topological polar surface area (TPSA) is 61.4 Å². The minimum atomic E-state index is -0.0731. The molecule has 0 unspecified atom stereocenters. The van der Waals surface area contributed by atoms with E-state index in [0.717, 1.165) is 13.0 Å².